The number of carbonyl (C=O) groups excluding carboxylic acids is 6. The van der Waals surface area contributed by atoms with Crippen LogP contribution in [0.5, 0.6) is 11.5 Å². The number of aliphatic hydroxyl groups is 6. The lowest BCUT2D eigenvalue weighted by Gasteiger charge is -2.37. The van der Waals surface area contributed by atoms with Gasteiger partial charge in [-0.1, -0.05) is 191 Å². The molecular weight excluding hydrogens is 1510 g/mol. The predicted octanol–water partition coefficient (Wildman–Crippen LogP) is 15.1. The van der Waals surface area contributed by atoms with Crippen LogP contribution in [0, 0.1) is 94.7 Å². The highest BCUT2D eigenvalue weighted by Gasteiger charge is 2.41. The number of methoxy groups -OCH3 is 1. The van der Waals surface area contributed by atoms with E-state index in [4.69, 9.17) is 47.6 Å². The van der Waals surface area contributed by atoms with Crippen molar-refractivity contribution in [3.05, 3.63) is 178 Å². The average Bonchev–Trinajstić information content (AvgIpc) is 1.78. The van der Waals surface area contributed by atoms with E-state index in [-0.39, 0.29) is 166 Å². The number of Topliss-reactive ketones (excluding diaryl/α,β-unsaturated/α-hetero) is 5. The number of carbonyl (C=O) groups is 6. The quantitative estimate of drug-likeness (QED) is 0.00652. The Labute approximate surface area is 709 Å². The topological polar surface area (TPSA) is 341 Å². The van der Waals surface area contributed by atoms with E-state index in [1.165, 1.54) is 7.11 Å². The molecule has 0 saturated carbocycles. The number of aromatic hydroxyl groups is 1. The summed E-state index contributed by atoms with van der Waals surface area (Å²) in [5, 5.41) is 78.0. The molecule has 0 saturated heterocycles. The van der Waals surface area contributed by atoms with Crippen molar-refractivity contribution >= 4 is 40.6 Å². The highest BCUT2D eigenvalue weighted by molar-refractivity contribution is 5.96. The molecule has 0 fully saturated rings. The van der Waals surface area contributed by atoms with Crippen molar-refractivity contribution < 1.29 is 88.2 Å². The van der Waals surface area contributed by atoms with E-state index < -0.39 is 96.2 Å². The molecule has 12 unspecified atom stereocenters. The number of ketones is 5. The maximum Gasteiger partial charge on any atom is 0.378 e. The SMILES string of the molecule is C=C(C(C)CC1=NCCOC(CC(=O)[C@@H](C/C(C)=C(/CC(C)C)OC(=O)/C(OCC)=C(/CNCc2ccc(O)cc2)C(C)C)CC2COc3ccccc32)C(=O)C[C@H]1CC(C)C(O)O)C(C)[C@@H](CC(C)C(O)O)C(=C)CC(CO)C(C)C(C)C(Cc1ccccc1)C(=O)CC(CC)C(=O)C[C@@H](Cc1ccccc1)C(=O)C[C@H](C(N)O)[C@@H](C)OC. The number of allylic oxidation sites excluding steroid dienone is 4. The molecule has 2 aliphatic heterocycles. The van der Waals surface area contributed by atoms with Crippen LogP contribution in [0.3, 0.4) is 0 Å². The molecule has 658 valence electrons. The van der Waals surface area contributed by atoms with Gasteiger partial charge in [-0.25, -0.2) is 4.79 Å². The molecule has 4 aromatic carbocycles. The minimum atomic E-state index is -1.72. The van der Waals surface area contributed by atoms with E-state index >= 15 is 14.4 Å². The number of benzene rings is 4. The lowest BCUT2D eigenvalue weighted by molar-refractivity contribution is -0.139. The molecule has 0 aromatic heterocycles. The largest absolute Gasteiger partial charge is 0.508 e. The van der Waals surface area contributed by atoms with Gasteiger partial charge in [0, 0.05) is 130 Å². The minimum absolute atomic E-state index is 0.00233. The van der Waals surface area contributed by atoms with Gasteiger partial charge < -0.3 is 70.5 Å². The average molecular weight is 1650 g/mol. The number of nitrogens with one attached hydrogen (secondary N) is 1. The molecule has 4 aromatic rings. The smallest absolute Gasteiger partial charge is 0.378 e. The standard InChI is InChI=1S/C98H143N3O18/c1-18-73(86(104)51-76(46-70-28-22-20-23-29-70)87(105)52-83(95(99)109)69(16)115-17)49-89(107)82(47-71-30-24-21-25-31-71)68(15)66(13)77(56-102)41-61(8)81(44-64(11)97(112)113)67(14)65(12)60(7)45-85-74(43-63(10)96(110)111)50-90(108)93(117-39-38-101-85)53-88(106)75(48-78-57-118-91-33-27-26-32-80(78)91)42-62(9)92(40-58(3)4)119-98(114)94(116-19-2)84(59(5)6)55-100-54-72-34-36-79(103)37-35-72/h20-37,58-60,63-64,66-69,73-78,81-83,93,95-97,100,102-103,109-113H,8,12,18-19,38-57,99H2,1-7,9-11,13-17H3/b92-62-,94-84+,101-85?/t60?,63?,64?,66?,67?,68?,69-,73?,74-,75+,76-,77?,78?,81+,82?,83+,93?,95?/m1/s1. The van der Waals surface area contributed by atoms with Gasteiger partial charge in [0.05, 0.1) is 32.5 Å². The Hall–Kier alpha value is -7.67. The fraction of sp³-hybridized carbons (Fsp3) is 0.602. The maximum atomic E-state index is 15.4. The molecule has 2 aliphatic rings. The summed E-state index contributed by atoms with van der Waals surface area (Å²) in [7, 11) is 1.48. The zero-order chi connectivity index (χ0) is 87.9. The Balaban J connectivity index is 1.23. The van der Waals surface area contributed by atoms with Crippen molar-refractivity contribution in [3.8, 4) is 11.5 Å². The Bertz CT molecular complexity index is 3960. The highest BCUT2D eigenvalue weighted by Crippen LogP contribution is 2.44. The Morgan fingerprint density at radius 2 is 1.28 bits per heavy atom. The van der Waals surface area contributed by atoms with Crippen molar-refractivity contribution in [1.82, 2.24) is 5.32 Å². The summed E-state index contributed by atoms with van der Waals surface area (Å²) < 4.78 is 30.6. The second kappa shape index (κ2) is 50.0. The van der Waals surface area contributed by atoms with Crippen LogP contribution in [-0.2, 0) is 67.1 Å². The summed E-state index contributed by atoms with van der Waals surface area (Å²) >= 11 is 0. The number of phenols is 1. The van der Waals surface area contributed by atoms with Gasteiger partial charge >= 0.3 is 5.97 Å². The molecule has 21 heteroatoms. The van der Waals surface area contributed by atoms with Crippen molar-refractivity contribution in [3.63, 3.8) is 0 Å². The second-order valence-corrected chi connectivity index (χ2v) is 35.1. The first-order valence-electron chi connectivity index (χ1n) is 43.5. The van der Waals surface area contributed by atoms with Crippen LogP contribution in [0.2, 0.25) is 0 Å². The van der Waals surface area contributed by atoms with Crippen LogP contribution in [-0.4, -0.2) is 154 Å². The van der Waals surface area contributed by atoms with Crippen LogP contribution in [0.1, 0.15) is 209 Å². The molecule has 18 atom stereocenters. The molecule has 0 aliphatic carbocycles. The molecule has 21 nitrogen and oxygen atoms in total. The van der Waals surface area contributed by atoms with Gasteiger partial charge in [0.2, 0.25) is 5.76 Å². The van der Waals surface area contributed by atoms with Crippen LogP contribution < -0.4 is 15.8 Å². The number of phenolic OH excluding ortho intramolecular Hbond substituents is 1. The number of ether oxygens (including phenoxy) is 5. The van der Waals surface area contributed by atoms with Gasteiger partial charge in [-0.3, -0.25) is 29.0 Å². The van der Waals surface area contributed by atoms with Crippen LogP contribution in [0.4, 0.5) is 0 Å². The number of esters is 1. The number of hydrogen-bond donors (Lipinski definition) is 9. The lowest BCUT2D eigenvalue weighted by atomic mass is 9.68. The number of para-hydroxylation sites is 1. The first-order chi connectivity index (χ1) is 56.5. The van der Waals surface area contributed by atoms with Gasteiger partial charge in [0.1, 0.15) is 52.7 Å². The van der Waals surface area contributed by atoms with E-state index in [0.717, 1.165) is 39.1 Å². The van der Waals surface area contributed by atoms with Crippen molar-refractivity contribution in [2.24, 2.45) is 105 Å². The first kappa shape index (κ1) is 100. The lowest BCUT2D eigenvalue weighted by Crippen LogP contribution is -2.40. The number of aliphatic hydroxyl groups excluding tert-OH is 4. The summed E-state index contributed by atoms with van der Waals surface area (Å²) in [6, 6.07) is 33.8. The molecule has 0 spiro atoms. The number of hydrogen-bond acceptors (Lipinski definition) is 21. The van der Waals surface area contributed by atoms with E-state index in [9.17, 15) is 50.1 Å². The Morgan fingerprint density at radius 1 is 0.664 bits per heavy atom. The number of aliphatic imine (C=N–C) groups is 1. The van der Waals surface area contributed by atoms with Crippen LogP contribution >= 0.6 is 0 Å². The third kappa shape index (κ3) is 31.0. The van der Waals surface area contributed by atoms with Gasteiger partial charge in [-0.05, 0) is 172 Å². The van der Waals surface area contributed by atoms with Crippen molar-refractivity contribution in [2.45, 2.75) is 237 Å². The fourth-order valence-corrected chi connectivity index (χ4v) is 17.2. The van der Waals surface area contributed by atoms with Crippen LogP contribution in [0.15, 0.2) is 161 Å². The van der Waals surface area contributed by atoms with E-state index in [1.54, 1.807) is 32.9 Å². The molecule has 119 heavy (non-hydrogen) atoms. The number of nitrogens with two attached hydrogens (primary N) is 1. The zero-order valence-electron chi connectivity index (χ0n) is 73.7. The monoisotopic (exact) mass is 1650 g/mol. The van der Waals surface area contributed by atoms with E-state index in [1.807, 2.05) is 173 Å². The second-order valence-electron chi connectivity index (χ2n) is 35.1. The van der Waals surface area contributed by atoms with E-state index in [2.05, 4.69) is 5.32 Å². The zero-order valence-corrected chi connectivity index (χ0v) is 73.7. The Morgan fingerprint density at radius 3 is 1.87 bits per heavy atom. The third-order valence-electron chi connectivity index (χ3n) is 25.4. The van der Waals surface area contributed by atoms with E-state index in [0.29, 0.717) is 80.8 Å². The molecular formula is C98H143N3O18. The summed E-state index contributed by atoms with van der Waals surface area (Å²) in [6.07, 6.45) is -4.09. The fourth-order valence-electron chi connectivity index (χ4n) is 17.2. The molecule has 0 bridgehead atoms. The highest BCUT2D eigenvalue weighted by atomic mass is 16.6. The van der Waals surface area contributed by atoms with Gasteiger partial charge in [0.25, 0.3) is 0 Å². The summed E-state index contributed by atoms with van der Waals surface area (Å²) in [5.41, 5.74) is 13.3. The third-order valence-corrected chi connectivity index (χ3v) is 25.4. The minimum Gasteiger partial charge on any atom is -0.508 e. The summed E-state index contributed by atoms with van der Waals surface area (Å²) in [6.45, 7) is 37.5. The molecule has 6 rings (SSSR count). The molecule has 2 heterocycles. The molecule has 0 radical (unpaired) electrons. The summed E-state index contributed by atoms with van der Waals surface area (Å²) in [4.78, 5) is 94.5. The normalized spacial score (nSPS) is 19.6. The molecule has 10 N–H and O–H groups in total. The maximum absolute atomic E-state index is 15.4. The first-order valence-corrected chi connectivity index (χ1v) is 43.5. The summed E-state index contributed by atoms with van der Waals surface area (Å²) in [5.74, 6) is -8.05. The number of rotatable bonds is 53. The van der Waals surface area contributed by atoms with Gasteiger partial charge in [-0.15, -0.1) is 0 Å². The number of nitrogens with zero attached hydrogens (tertiary/aromatic N) is 1. The van der Waals surface area contributed by atoms with Gasteiger partial charge in [0.15, 0.2) is 18.4 Å². The van der Waals surface area contributed by atoms with Crippen LogP contribution in [0.25, 0.3) is 0 Å². The number of fused-ring (bicyclic) bond motifs is 1. The predicted molar refractivity (Wildman–Crippen MR) is 466 cm³/mol. The molecule has 0 amide bonds. The van der Waals surface area contributed by atoms with Gasteiger partial charge in [-0.2, -0.15) is 0 Å². The van der Waals surface area contributed by atoms with Crippen molar-refractivity contribution in [1.29, 1.82) is 0 Å². The Kier molecular flexibility index (Phi) is 42.1. The van der Waals surface area contributed by atoms with Crippen molar-refractivity contribution in [2.75, 3.05) is 46.6 Å².